The van der Waals surface area contributed by atoms with Gasteiger partial charge in [0, 0.05) is 36.1 Å². The van der Waals surface area contributed by atoms with Gasteiger partial charge in [0.2, 0.25) is 5.91 Å². The topological polar surface area (TPSA) is 57.7 Å². The Morgan fingerprint density at radius 3 is 2.28 bits per heavy atom. The van der Waals surface area contributed by atoms with Gasteiger partial charge in [-0.1, -0.05) is 53.0 Å². The van der Waals surface area contributed by atoms with Crippen LogP contribution in [0.5, 0.6) is 0 Å². The van der Waals surface area contributed by atoms with Gasteiger partial charge in [-0.2, -0.15) is 0 Å². The van der Waals surface area contributed by atoms with E-state index in [4.69, 9.17) is 23.2 Å². The molecule has 2 aliphatic heterocycles. The fourth-order valence-electron chi connectivity index (χ4n) is 4.61. The number of nitrogens with zero attached hydrogens (tertiary/aromatic N) is 2. The van der Waals surface area contributed by atoms with Crippen LogP contribution in [-0.4, -0.2) is 53.1 Å². The molecule has 1 unspecified atom stereocenters. The molecule has 2 heterocycles. The van der Waals surface area contributed by atoms with E-state index in [9.17, 15) is 14.4 Å². The van der Waals surface area contributed by atoms with Gasteiger partial charge in [0.15, 0.2) is 5.78 Å². The van der Waals surface area contributed by atoms with E-state index in [1.807, 2.05) is 31.2 Å². The van der Waals surface area contributed by atoms with E-state index in [2.05, 4.69) is 0 Å². The summed E-state index contributed by atoms with van der Waals surface area (Å²) in [4.78, 5) is 42.6. The van der Waals surface area contributed by atoms with E-state index >= 15 is 0 Å². The molecule has 2 aromatic rings. The fraction of sp³-hybridized carbons (Fsp3) is 0.400. The van der Waals surface area contributed by atoms with Crippen LogP contribution in [0.4, 0.5) is 0 Å². The Bertz CT molecular complexity index is 1030. The molecule has 2 aliphatic rings. The van der Waals surface area contributed by atoms with Crippen LogP contribution in [0.15, 0.2) is 42.5 Å². The highest BCUT2D eigenvalue weighted by Crippen LogP contribution is 2.29. The van der Waals surface area contributed by atoms with Crippen molar-refractivity contribution in [3.8, 4) is 0 Å². The molecule has 0 saturated carbocycles. The molecule has 2 saturated heterocycles. The Morgan fingerprint density at radius 2 is 1.59 bits per heavy atom. The zero-order valence-corrected chi connectivity index (χ0v) is 19.5. The van der Waals surface area contributed by atoms with Gasteiger partial charge in [-0.25, -0.2) is 0 Å². The third kappa shape index (κ3) is 4.69. The number of likely N-dealkylation sites (tertiary alicyclic amines) is 2. The Morgan fingerprint density at radius 1 is 0.906 bits per heavy atom. The number of amides is 2. The second kappa shape index (κ2) is 9.63. The number of Topliss-reactive ketones (excluding diaryl/α,β-unsaturated/α-hetero) is 1. The van der Waals surface area contributed by atoms with Crippen molar-refractivity contribution in [3.05, 3.63) is 69.2 Å². The smallest absolute Gasteiger partial charge is 0.256 e. The van der Waals surface area contributed by atoms with Crippen LogP contribution in [0, 0.1) is 12.8 Å². The normalized spacial score (nSPS) is 19.3. The lowest BCUT2D eigenvalue weighted by molar-refractivity contribution is -0.136. The molecule has 0 spiro atoms. The van der Waals surface area contributed by atoms with Gasteiger partial charge < -0.3 is 9.80 Å². The first-order valence-corrected chi connectivity index (χ1v) is 11.8. The molecule has 5 nitrogen and oxygen atoms in total. The van der Waals surface area contributed by atoms with Crippen molar-refractivity contribution < 1.29 is 14.4 Å². The Labute approximate surface area is 198 Å². The highest BCUT2D eigenvalue weighted by Gasteiger charge is 2.39. The second-order valence-corrected chi connectivity index (χ2v) is 9.45. The van der Waals surface area contributed by atoms with Gasteiger partial charge in [-0.3, -0.25) is 14.4 Å². The first kappa shape index (κ1) is 22.8. The van der Waals surface area contributed by atoms with Gasteiger partial charge in [0.1, 0.15) is 6.04 Å². The molecular weight excluding hydrogens is 447 g/mol. The number of hydrogen-bond donors (Lipinski definition) is 0. The number of carbonyl (C=O) groups excluding carboxylic acids is 3. The molecule has 0 aromatic heterocycles. The van der Waals surface area contributed by atoms with Crippen LogP contribution in [-0.2, 0) is 4.79 Å². The first-order chi connectivity index (χ1) is 15.3. The average molecular weight is 473 g/mol. The molecule has 1 atom stereocenters. The number of aryl methyl sites for hydroxylation is 1. The second-order valence-electron chi connectivity index (χ2n) is 8.61. The third-order valence-electron chi connectivity index (χ3n) is 6.47. The lowest BCUT2D eigenvalue weighted by Crippen LogP contribution is -2.50. The summed E-state index contributed by atoms with van der Waals surface area (Å²) in [6.45, 7) is 3.56. The van der Waals surface area contributed by atoms with Crippen LogP contribution < -0.4 is 0 Å². The standard InChI is InChI=1S/C25H26Cl2N2O3/c1-16-4-6-17(7-5-16)23(30)18-10-13-28(14-11-18)25(32)22-3-2-12-29(22)24(31)20-15-19(26)8-9-21(20)27/h4-9,15,18,22H,2-3,10-14H2,1H3. The van der Waals surface area contributed by atoms with Crippen molar-refractivity contribution in [1.82, 2.24) is 9.80 Å². The maximum atomic E-state index is 13.3. The van der Waals surface area contributed by atoms with E-state index in [-0.39, 0.29) is 23.5 Å². The maximum absolute atomic E-state index is 13.3. The minimum atomic E-state index is -0.498. The summed E-state index contributed by atoms with van der Waals surface area (Å²) < 4.78 is 0. The number of piperidine rings is 1. The van der Waals surface area contributed by atoms with Crippen molar-refractivity contribution in [3.63, 3.8) is 0 Å². The van der Waals surface area contributed by atoms with Gasteiger partial charge >= 0.3 is 0 Å². The molecule has 7 heteroatoms. The number of halogens is 2. The van der Waals surface area contributed by atoms with Crippen LogP contribution >= 0.6 is 23.2 Å². The van der Waals surface area contributed by atoms with Crippen LogP contribution in [0.25, 0.3) is 0 Å². The molecule has 168 valence electrons. The highest BCUT2D eigenvalue weighted by molar-refractivity contribution is 6.35. The van der Waals surface area contributed by atoms with Crippen molar-refractivity contribution in [2.45, 2.75) is 38.6 Å². The third-order valence-corrected chi connectivity index (χ3v) is 7.04. The molecule has 0 bridgehead atoms. The largest absolute Gasteiger partial charge is 0.341 e. The van der Waals surface area contributed by atoms with Gasteiger partial charge in [-0.15, -0.1) is 0 Å². The zero-order chi connectivity index (χ0) is 22.8. The molecule has 2 fully saturated rings. The molecule has 32 heavy (non-hydrogen) atoms. The number of carbonyl (C=O) groups is 3. The van der Waals surface area contributed by atoms with Crippen LogP contribution in [0.1, 0.15) is 52.0 Å². The Hall–Kier alpha value is -2.37. The molecule has 2 amide bonds. The minimum Gasteiger partial charge on any atom is -0.341 e. The van der Waals surface area contributed by atoms with E-state index in [0.717, 1.165) is 17.5 Å². The molecule has 0 aliphatic carbocycles. The predicted molar refractivity (Wildman–Crippen MR) is 125 cm³/mol. The Balaban J connectivity index is 1.40. The fourth-order valence-corrected chi connectivity index (χ4v) is 4.98. The summed E-state index contributed by atoms with van der Waals surface area (Å²) in [5, 5.41) is 0.757. The predicted octanol–water partition coefficient (Wildman–Crippen LogP) is 5.03. The quantitative estimate of drug-likeness (QED) is 0.586. The summed E-state index contributed by atoms with van der Waals surface area (Å²) in [6, 6.07) is 11.9. The van der Waals surface area contributed by atoms with Crippen molar-refractivity contribution >= 4 is 40.8 Å². The summed E-state index contributed by atoms with van der Waals surface area (Å²) in [6.07, 6.45) is 2.67. The van der Waals surface area contributed by atoms with E-state index < -0.39 is 6.04 Å². The summed E-state index contributed by atoms with van der Waals surface area (Å²) in [7, 11) is 0. The molecule has 0 radical (unpaired) electrons. The maximum Gasteiger partial charge on any atom is 0.256 e. The first-order valence-electron chi connectivity index (χ1n) is 11.0. The van der Waals surface area contributed by atoms with Gasteiger partial charge in [-0.05, 0) is 50.8 Å². The van der Waals surface area contributed by atoms with Gasteiger partial charge in [0.25, 0.3) is 5.91 Å². The van der Waals surface area contributed by atoms with Gasteiger partial charge in [0.05, 0.1) is 10.6 Å². The van der Waals surface area contributed by atoms with E-state index in [0.29, 0.717) is 54.5 Å². The van der Waals surface area contributed by atoms with Crippen molar-refractivity contribution in [2.24, 2.45) is 5.92 Å². The minimum absolute atomic E-state index is 0.0461. The Kier molecular flexibility index (Phi) is 6.87. The lowest BCUT2D eigenvalue weighted by atomic mass is 9.88. The molecular formula is C25H26Cl2N2O3. The number of rotatable bonds is 4. The zero-order valence-electron chi connectivity index (χ0n) is 18.0. The molecule has 2 aromatic carbocycles. The van der Waals surface area contributed by atoms with Crippen molar-refractivity contribution in [2.75, 3.05) is 19.6 Å². The SMILES string of the molecule is Cc1ccc(C(=O)C2CCN(C(=O)C3CCCN3C(=O)c3cc(Cl)ccc3Cl)CC2)cc1. The van der Waals surface area contributed by atoms with Crippen LogP contribution in [0.2, 0.25) is 10.0 Å². The highest BCUT2D eigenvalue weighted by atomic mass is 35.5. The lowest BCUT2D eigenvalue weighted by Gasteiger charge is -2.35. The summed E-state index contributed by atoms with van der Waals surface area (Å²) in [5.74, 6) is -0.244. The monoisotopic (exact) mass is 472 g/mol. The number of benzene rings is 2. The summed E-state index contributed by atoms with van der Waals surface area (Å²) in [5.41, 5.74) is 2.17. The van der Waals surface area contributed by atoms with Crippen LogP contribution in [0.3, 0.4) is 0 Å². The van der Waals surface area contributed by atoms with E-state index in [1.165, 1.54) is 0 Å². The average Bonchev–Trinajstić information content (AvgIpc) is 3.30. The molecule has 0 N–H and O–H groups in total. The van der Waals surface area contributed by atoms with Crippen molar-refractivity contribution in [1.29, 1.82) is 0 Å². The molecule has 4 rings (SSSR count). The van der Waals surface area contributed by atoms with E-state index in [1.54, 1.807) is 28.0 Å². The number of hydrogen-bond acceptors (Lipinski definition) is 3. The number of ketones is 1. The summed E-state index contributed by atoms with van der Waals surface area (Å²) >= 11 is 12.3.